The summed E-state index contributed by atoms with van der Waals surface area (Å²) in [7, 11) is 0. The molecule has 0 bridgehead atoms. The third-order valence-electron chi connectivity index (χ3n) is 2.51. The summed E-state index contributed by atoms with van der Waals surface area (Å²) >= 11 is 3.09. The van der Waals surface area contributed by atoms with Gasteiger partial charge < -0.3 is 15.7 Å². The Labute approximate surface area is 125 Å². The molecule has 3 N–H and O–H groups in total. The van der Waals surface area contributed by atoms with Gasteiger partial charge in [0, 0.05) is 10.0 Å². The minimum atomic E-state index is -1.11. The normalized spacial score (nSPS) is 11.5. The van der Waals surface area contributed by atoms with Crippen LogP contribution in [0.25, 0.3) is 0 Å². The van der Waals surface area contributed by atoms with Crippen LogP contribution in [-0.2, 0) is 0 Å². The standard InChI is InChI=1S/C13H8BrF3N2O2/c14-7-1-2-8(15)11(5-7)21-12-9(16)3-6(4-10(12)17)13(18)19-20/h1-5,20H,(H2,18,19). The fraction of sp³-hybridized carbons (Fsp3) is 0. The van der Waals surface area contributed by atoms with E-state index in [-0.39, 0.29) is 11.3 Å². The molecule has 0 fully saturated rings. The molecule has 2 aromatic rings. The van der Waals surface area contributed by atoms with Crippen molar-refractivity contribution in [3.63, 3.8) is 0 Å². The highest BCUT2D eigenvalue weighted by Gasteiger charge is 2.17. The molecule has 0 unspecified atom stereocenters. The van der Waals surface area contributed by atoms with Crippen LogP contribution in [0.3, 0.4) is 0 Å². The quantitative estimate of drug-likeness (QED) is 0.379. The van der Waals surface area contributed by atoms with Crippen molar-refractivity contribution >= 4 is 21.8 Å². The van der Waals surface area contributed by atoms with Crippen LogP contribution in [0.4, 0.5) is 13.2 Å². The lowest BCUT2D eigenvalue weighted by molar-refractivity contribution is 0.318. The van der Waals surface area contributed by atoms with Crippen LogP contribution < -0.4 is 10.5 Å². The second-order valence-electron chi connectivity index (χ2n) is 3.93. The van der Waals surface area contributed by atoms with Crippen molar-refractivity contribution in [2.24, 2.45) is 10.9 Å². The zero-order chi connectivity index (χ0) is 15.6. The van der Waals surface area contributed by atoms with E-state index < -0.39 is 29.0 Å². The molecule has 21 heavy (non-hydrogen) atoms. The maximum Gasteiger partial charge on any atom is 0.198 e. The molecule has 0 aliphatic heterocycles. The van der Waals surface area contributed by atoms with Gasteiger partial charge in [0.1, 0.15) is 0 Å². The van der Waals surface area contributed by atoms with E-state index in [1.54, 1.807) is 0 Å². The highest BCUT2D eigenvalue weighted by Crippen LogP contribution is 2.31. The number of oxime groups is 1. The minimum Gasteiger partial charge on any atom is -0.448 e. The highest BCUT2D eigenvalue weighted by atomic mass is 79.9. The molecule has 2 rings (SSSR count). The first-order valence-electron chi connectivity index (χ1n) is 5.52. The van der Waals surface area contributed by atoms with Crippen LogP contribution in [0.5, 0.6) is 11.5 Å². The Hall–Kier alpha value is -2.22. The molecule has 4 nitrogen and oxygen atoms in total. The zero-order valence-electron chi connectivity index (χ0n) is 10.3. The number of ether oxygens (including phenoxy) is 1. The predicted molar refractivity (Wildman–Crippen MR) is 73.0 cm³/mol. The van der Waals surface area contributed by atoms with Crippen molar-refractivity contribution in [1.29, 1.82) is 0 Å². The lowest BCUT2D eigenvalue weighted by Crippen LogP contribution is -2.14. The second kappa shape index (κ2) is 6.04. The highest BCUT2D eigenvalue weighted by molar-refractivity contribution is 9.10. The van der Waals surface area contributed by atoms with E-state index in [9.17, 15) is 13.2 Å². The molecule has 2 aromatic carbocycles. The monoisotopic (exact) mass is 360 g/mol. The topological polar surface area (TPSA) is 67.8 Å². The van der Waals surface area contributed by atoms with Gasteiger partial charge in [0.25, 0.3) is 0 Å². The number of amidine groups is 1. The van der Waals surface area contributed by atoms with Gasteiger partial charge in [-0.1, -0.05) is 21.1 Å². The maximum atomic E-state index is 13.8. The zero-order valence-corrected chi connectivity index (χ0v) is 11.9. The molecule has 0 saturated heterocycles. The first-order chi connectivity index (χ1) is 9.92. The van der Waals surface area contributed by atoms with Crippen LogP contribution in [-0.4, -0.2) is 11.0 Å². The third kappa shape index (κ3) is 3.27. The van der Waals surface area contributed by atoms with E-state index in [1.807, 2.05) is 0 Å². The van der Waals surface area contributed by atoms with Gasteiger partial charge in [0.05, 0.1) is 0 Å². The van der Waals surface area contributed by atoms with Crippen LogP contribution in [0.2, 0.25) is 0 Å². The Morgan fingerprint density at radius 3 is 2.29 bits per heavy atom. The van der Waals surface area contributed by atoms with E-state index in [0.29, 0.717) is 4.47 Å². The second-order valence-corrected chi connectivity index (χ2v) is 4.85. The Morgan fingerprint density at radius 1 is 1.10 bits per heavy atom. The molecule has 110 valence electrons. The first-order valence-corrected chi connectivity index (χ1v) is 6.31. The SMILES string of the molecule is N/C(=N/O)c1cc(F)c(Oc2cc(Br)ccc2F)c(F)c1. The van der Waals surface area contributed by atoms with Crippen molar-refractivity contribution in [2.45, 2.75) is 0 Å². The summed E-state index contributed by atoms with van der Waals surface area (Å²) in [6, 6.07) is 5.34. The van der Waals surface area contributed by atoms with Crippen molar-refractivity contribution in [3.8, 4) is 11.5 Å². The molecule has 0 spiro atoms. The van der Waals surface area contributed by atoms with E-state index in [2.05, 4.69) is 21.1 Å². The summed E-state index contributed by atoms with van der Waals surface area (Å²) < 4.78 is 46.6. The van der Waals surface area contributed by atoms with E-state index >= 15 is 0 Å². The summed E-state index contributed by atoms with van der Waals surface area (Å²) in [4.78, 5) is 0. The largest absolute Gasteiger partial charge is 0.448 e. The fourth-order valence-corrected chi connectivity index (χ4v) is 1.87. The van der Waals surface area contributed by atoms with Crippen LogP contribution >= 0.6 is 15.9 Å². The van der Waals surface area contributed by atoms with Crippen molar-refractivity contribution in [2.75, 3.05) is 0 Å². The van der Waals surface area contributed by atoms with E-state index in [0.717, 1.165) is 18.2 Å². The Kier molecular flexibility index (Phi) is 4.37. The van der Waals surface area contributed by atoms with Gasteiger partial charge in [0.15, 0.2) is 34.8 Å². The molecular formula is C13H8BrF3N2O2. The number of rotatable bonds is 3. The number of nitrogens with two attached hydrogens (primary N) is 1. The lowest BCUT2D eigenvalue weighted by Gasteiger charge is -2.10. The Balaban J connectivity index is 2.43. The average molecular weight is 361 g/mol. The lowest BCUT2D eigenvalue weighted by atomic mass is 10.2. The molecule has 8 heteroatoms. The number of benzene rings is 2. The van der Waals surface area contributed by atoms with Crippen LogP contribution in [0, 0.1) is 17.5 Å². The van der Waals surface area contributed by atoms with Gasteiger partial charge in [-0.2, -0.15) is 0 Å². The molecule has 0 amide bonds. The van der Waals surface area contributed by atoms with Gasteiger partial charge in [0.2, 0.25) is 0 Å². The number of hydrogen-bond donors (Lipinski definition) is 2. The summed E-state index contributed by atoms with van der Waals surface area (Å²) in [5.41, 5.74) is 5.07. The van der Waals surface area contributed by atoms with Gasteiger partial charge in [-0.25, -0.2) is 13.2 Å². The predicted octanol–water partition coefficient (Wildman–Crippen LogP) is 3.75. The van der Waals surface area contributed by atoms with Gasteiger partial charge >= 0.3 is 0 Å². The summed E-state index contributed by atoms with van der Waals surface area (Å²) in [5.74, 6) is -4.61. The van der Waals surface area contributed by atoms with Crippen LogP contribution in [0.1, 0.15) is 5.56 Å². The first kappa shape index (κ1) is 15.2. The van der Waals surface area contributed by atoms with Gasteiger partial charge in [-0.05, 0) is 30.3 Å². The molecule has 0 aliphatic carbocycles. The molecule has 0 radical (unpaired) electrons. The number of halogens is 4. The van der Waals surface area contributed by atoms with E-state index in [1.165, 1.54) is 12.1 Å². The summed E-state index contributed by atoms with van der Waals surface area (Å²) in [5, 5.41) is 11.1. The number of hydrogen-bond acceptors (Lipinski definition) is 3. The maximum absolute atomic E-state index is 13.8. The van der Waals surface area contributed by atoms with Gasteiger partial charge in [-0.3, -0.25) is 0 Å². The molecule has 0 atom stereocenters. The van der Waals surface area contributed by atoms with Crippen molar-refractivity contribution in [1.82, 2.24) is 0 Å². The molecule has 0 saturated carbocycles. The third-order valence-corrected chi connectivity index (χ3v) is 3.00. The van der Waals surface area contributed by atoms with Crippen LogP contribution in [0.15, 0.2) is 40.0 Å². The smallest absolute Gasteiger partial charge is 0.198 e. The fourth-order valence-electron chi connectivity index (χ4n) is 1.53. The summed E-state index contributed by atoms with van der Waals surface area (Å²) in [6.45, 7) is 0. The summed E-state index contributed by atoms with van der Waals surface area (Å²) in [6.07, 6.45) is 0. The molecule has 0 aliphatic rings. The molecular weight excluding hydrogens is 353 g/mol. The van der Waals surface area contributed by atoms with Gasteiger partial charge in [-0.15, -0.1) is 0 Å². The van der Waals surface area contributed by atoms with E-state index in [4.69, 9.17) is 15.7 Å². The number of nitrogens with zero attached hydrogens (tertiary/aromatic N) is 1. The Bertz CT molecular complexity index is 700. The van der Waals surface area contributed by atoms with Crippen molar-refractivity contribution < 1.29 is 23.1 Å². The average Bonchev–Trinajstić information content (AvgIpc) is 2.45. The minimum absolute atomic E-state index is 0.172. The molecule has 0 heterocycles. The molecule has 0 aromatic heterocycles. The Morgan fingerprint density at radius 2 is 1.71 bits per heavy atom. The van der Waals surface area contributed by atoms with Crippen molar-refractivity contribution in [3.05, 3.63) is 57.8 Å².